The average Bonchev–Trinajstić information content (AvgIpc) is 2.35. The lowest BCUT2D eigenvalue weighted by Crippen LogP contribution is -2.27. The number of hydrogen-bond donors (Lipinski definition) is 3. The van der Waals surface area contributed by atoms with E-state index in [1.807, 2.05) is 13.0 Å². The highest BCUT2D eigenvalue weighted by molar-refractivity contribution is 5.75. The zero-order valence-electron chi connectivity index (χ0n) is 10.8. The van der Waals surface area contributed by atoms with Gasteiger partial charge in [0.1, 0.15) is 0 Å². The molecular formula is C13H20N2O3. The van der Waals surface area contributed by atoms with Gasteiger partial charge in [-0.25, -0.2) is 0 Å². The summed E-state index contributed by atoms with van der Waals surface area (Å²) in [5.41, 5.74) is 0.948. The van der Waals surface area contributed by atoms with Gasteiger partial charge in [-0.3, -0.25) is 4.79 Å². The van der Waals surface area contributed by atoms with Gasteiger partial charge in [0.25, 0.3) is 0 Å². The van der Waals surface area contributed by atoms with Crippen molar-refractivity contribution in [1.82, 2.24) is 10.6 Å². The molecule has 1 rings (SSSR count). The molecule has 0 spiro atoms. The third kappa shape index (κ3) is 4.63. The number of carbonyl (C=O) groups is 1. The largest absolute Gasteiger partial charge is 0.504 e. The van der Waals surface area contributed by atoms with E-state index in [9.17, 15) is 9.90 Å². The summed E-state index contributed by atoms with van der Waals surface area (Å²) in [6, 6.07) is 5.24. The number of carbonyl (C=O) groups excluding carboxylic acids is 1. The average molecular weight is 252 g/mol. The highest BCUT2D eigenvalue weighted by Gasteiger charge is 2.03. The van der Waals surface area contributed by atoms with Crippen LogP contribution in [0.25, 0.3) is 0 Å². The van der Waals surface area contributed by atoms with Crippen LogP contribution in [-0.2, 0) is 11.3 Å². The Bertz CT molecular complexity index is 394. The van der Waals surface area contributed by atoms with Gasteiger partial charge in [-0.15, -0.1) is 0 Å². The molecule has 0 aromatic heterocycles. The summed E-state index contributed by atoms with van der Waals surface area (Å²) in [7, 11) is 1.51. The van der Waals surface area contributed by atoms with Crippen molar-refractivity contribution in [1.29, 1.82) is 0 Å². The summed E-state index contributed by atoms with van der Waals surface area (Å²) < 4.78 is 4.96. The van der Waals surface area contributed by atoms with Crippen molar-refractivity contribution in [3.05, 3.63) is 23.8 Å². The van der Waals surface area contributed by atoms with Gasteiger partial charge in [0, 0.05) is 26.1 Å². The third-order valence-electron chi connectivity index (χ3n) is 2.48. The van der Waals surface area contributed by atoms with Crippen molar-refractivity contribution >= 4 is 5.91 Å². The smallest absolute Gasteiger partial charge is 0.221 e. The van der Waals surface area contributed by atoms with Crippen LogP contribution in [0.4, 0.5) is 0 Å². The maximum Gasteiger partial charge on any atom is 0.221 e. The SMILES string of the molecule is CCNC(=O)CCNCc1ccc(OC)c(O)c1. The molecule has 3 N–H and O–H groups in total. The number of phenols is 1. The number of benzene rings is 1. The molecule has 0 saturated heterocycles. The lowest BCUT2D eigenvalue weighted by Gasteiger charge is -2.07. The first-order valence-corrected chi connectivity index (χ1v) is 6.00. The molecule has 5 nitrogen and oxygen atoms in total. The van der Waals surface area contributed by atoms with Gasteiger partial charge >= 0.3 is 0 Å². The Kier molecular flexibility index (Phi) is 6.00. The van der Waals surface area contributed by atoms with Crippen LogP contribution in [0.1, 0.15) is 18.9 Å². The number of nitrogens with one attached hydrogen (secondary N) is 2. The van der Waals surface area contributed by atoms with E-state index in [1.165, 1.54) is 7.11 Å². The summed E-state index contributed by atoms with van der Waals surface area (Å²) in [5, 5.41) is 15.5. The molecule has 5 heteroatoms. The summed E-state index contributed by atoms with van der Waals surface area (Å²) in [4.78, 5) is 11.2. The molecule has 18 heavy (non-hydrogen) atoms. The zero-order valence-corrected chi connectivity index (χ0v) is 10.8. The van der Waals surface area contributed by atoms with Crippen molar-refractivity contribution in [3.63, 3.8) is 0 Å². The minimum Gasteiger partial charge on any atom is -0.504 e. The molecule has 0 radical (unpaired) electrons. The molecule has 0 bridgehead atoms. The number of methoxy groups -OCH3 is 1. The van der Waals surface area contributed by atoms with E-state index >= 15 is 0 Å². The lowest BCUT2D eigenvalue weighted by atomic mass is 10.2. The van der Waals surface area contributed by atoms with E-state index < -0.39 is 0 Å². The fourth-order valence-corrected chi connectivity index (χ4v) is 1.57. The van der Waals surface area contributed by atoms with Gasteiger partial charge < -0.3 is 20.5 Å². The van der Waals surface area contributed by atoms with Gasteiger partial charge in [-0.2, -0.15) is 0 Å². The topological polar surface area (TPSA) is 70.6 Å². The zero-order chi connectivity index (χ0) is 13.4. The van der Waals surface area contributed by atoms with Crippen LogP contribution in [0, 0.1) is 0 Å². The number of aromatic hydroxyl groups is 1. The van der Waals surface area contributed by atoms with Crippen molar-refractivity contribution in [3.8, 4) is 11.5 Å². The van der Waals surface area contributed by atoms with E-state index in [0.717, 1.165) is 5.56 Å². The first-order chi connectivity index (χ1) is 8.67. The van der Waals surface area contributed by atoms with Crippen LogP contribution >= 0.6 is 0 Å². The van der Waals surface area contributed by atoms with Gasteiger partial charge in [-0.05, 0) is 24.6 Å². The maximum absolute atomic E-state index is 11.2. The minimum absolute atomic E-state index is 0.0441. The van der Waals surface area contributed by atoms with Crippen molar-refractivity contribution in [2.75, 3.05) is 20.2 Å². The second-order valence-corrected chi connectivity index (χ2v) is 3.89. The number of ether oxygens (including phenoxy) is 1. The molecule has 0 fully saturated rings. The summed E-state index contributed by atoms with van der Waals surface area (Å²) >= 11 is 0. The van der Waals surface area contributed by atoms with Gasteiger partial charge in [0.2, 0.25) is 5.91 Å². The molecule has 0 atom stereocenters. The Morgan fingerprint density at radius 1 is 1.44 bits per heavy atom. The Balaban J connectivity index is 2.31. The predicted molar refractivity (Wildman–Crippen MR) is 69.7 cm³/mol. The van der Waals surface area contributed by atoms with Crippen molar-refractivity contribution in [2.45, 2.75) is 19.9 Å². The first-order valence-electron chi connectivity index (χ1n) is 6.00. The number of phenolic OH excluding ortho intramolecular Hbond substituents is 1. The Morgan fingerprint density at radius 3 is 2.83 bits per heavy atom. The normalized spacial score (nSPS) is 10.1. The predicted octanol–water partition coefficient (Wildman–Crippen LogP) is 1.02. The molecule has 1 aromatic rings. The summed E-state index contributed by atoms with van der Waals surface area (Å²) in [6.45, 7) is 3.77. The van der Waals surface area contributed by atoms with Crippen LogP contribution in [0.3, 0.4) is 0 Å². The van der Waals surface area contributed by atoms with Crippen LogP contribution in [0.5, 0.6) is 11.5 Å². The molecule has 100 valence electrons. The Labute approximate surface area is 107 Å². The monoisotopic (exact) mass is 252 g/mol. The first kappa shape index (κ1) is 14.3. The van der Waals surface area contributed by atoms with Crippen LogP contribution in [-0.4, -0.2) is 31.2 Å². The van der Waals surface area contributed by atoms with E-state index in [-0.39, 0.29) is 11.7 Å². The standard InChI is InChI=1S/C13H20N2O3/c1-3-15-13(17)6-7-14-9-10-4-5-12(18-2)11(16)8-10/h4-5,8,14,16H,3,6-7,9H2,1-2H3,(H,15,17). The molecular weight excluding hydrogens is 232 g/mol. The summed E-state index contributed by atoms with van der Waals surface area (Å²) in [5.74, 6) is 0.629. The van der Waals surface area contributed by atoms with Crippen molar-refractivity contribution < 1.29 is 14.6 Å². The maximum atomic E-state index is 11.2. The Hall–Kier alpha value is -1.75. The number of amides is 1. The highest BCUT2D eigenvalue weighted by Crippen LogP contribution is 2.25. The van der Waals surface area contributed by atoms with E-state index in [4.69, 9.17) is 4.74 Å². The van der Waals surface area contributed by atoms with Gasteiger partial charge in [-0.1, -0.05) is 6.07 Å². The second kappa shape index (κ2) is 7.55. The van der Waals surface area contributed by atoms with Crippen LogP contribution < -0.4 is 15.4 Å². The number of hydrogen-bond acceptors (Lipinski definition) is 4. The molecule has 0 aliphatic carbocycles. The molecule has 0 saturated carbocycles. The molecule has 0 heterocycles. The fourth-order valence-electron chi connectivity index (χ4n) is 1.57. The molecule has 1 aromatic carbocycles. The molecule has 0 aliphatic heterocycles. The van der Waals surface area contributed by atoms with Gasteiger partial charge in [0.05, 0.1) is 7.11 Å². The molecule has 1 amide bonds. The second-order valence-electron chi connectivity index (χ2n) is 3.89. The highest BCUT2D eigenvalue weighted by atomic mass is 16.5. The lowest BCUT2D eigenvalue weighted by molar-refractivity contribution is -0.120. The van der Waals surface area contributed by atoms with Crippen molar-refractivity contribution in [2.24, 2.45) is 0 Å². The van der Waals surface area contributed by atoms with Crippen LogP contribution in [0.15, 0.2) is 18.2 Å². The van der Waals surface area contributed by atoms with E-state index in [2.05, 4.69) is 10.6 Å². The minimum atomic E-state index is 0.0441. The quantitative estimate of drug-likeness (QED) is 0.634. The Morgan fingerprint density at radius 2 is 2.22 bits per heavy atom. The fraction of sp³-hybridized carbons (Fsp3) is 0.462. The third-order valence-corrected chi connectivity index (χ3v) is 2.48. The van der Waals surface area contributed by atoms with Crippen LogP contribution in [0.2, 0.25) is 0 Å². The molecule has 0 aliphatic rings. The summed E-state index contributed by atoms with van der Waals surface area (Å²) in [6.07, 6.45) is 0.454. The number of rotatable bonds is 7. The van der Waals surface area contributed by atoms with E-state index in [1.54, 1.807) is 12.1 Å². The molecule has 0 unspecified atom stereocenters. The van der Waals surface area contributed by atoms with Gasteiger partial charge in [0.15, 0.2) is 11.5 Å². The van der Waals surface area contributed by atoms with E-state index in [0.29, 0.717) is 31.8 Å².